The Balaban J connectivity index is 4.84. The highest BCUT2D eigenvalue weighted by Crippen LogP contribution is 2.15. The molecule has 5 heteroatoms. The molecule has 16 heavy (non-hydrogen) atoms. The zero-order valence-electron chi connectivity index (χ0n) is 9.37. The Kier molecular flexibility index (Phi) is 7.45. The van der Waals surface area contributed by atoms with Crippen LogP contribution in [0.5, 0.6) is 0 Å². The maximum atomic E-state index is 10.2. The number of ether oxygens (including phenoxy) is 1. The zero-order chi connectivity index (χ0) is 12.6. The summed E-state index contributed by atoms with van der Waals surface area (Å²) < 4.78 is 4.70. The van der Waals surface area contributed by atoms with Gasteiger partial charge in [0.05, 0.1) is 0 Å². The van der Waals surface area contributed by atoms with Crippen molar-refractivity contribution in [3.05, 3.63) is 25.3 Å². The van der Waals surface area contributed by atoms with E-state index >= 15 is 0 Å². The first-order chi connectivity index (χ1) is 7.62. The molecule has 5 nitrogen and oxygen atoms in total. The lowest BCUT2D eigenvalue weighted by Crippen LogP contribution is -2.49. The van der Waals surface area contributed by atoms with Gasteiger partial charge in [0.15, 0.2) is 6.23 Å². The van der Waals surface area contributed by atoms with E-state index in [0.29, 0.717) is 6.42 Å². The van der Waals surface area contributed by atoms with Gasteiger partial charge in [-0.05, 0) is 18.6 Å². The zero-order valence-corrected chi connectivity index (χ0v) is 9.37. The van der Waals surface area contributed by atoms with E-state index in [9.17, 15) is 15.0 Å². The second-order valence-electron chi connectivity index (χ2n) is 3.19. The lowest BCUT2D eigenvalue weighted by atomic mass is 10.2. The van der Waals surface area contributed by atoms with Crippen molar-refractivity contribution < 1.29 is 19.7 Å². The number of hydrogen-bond acceptors (Lipinski definition) is 5. The summed E-state index contributed by atoms with van der Waals surface area (Å²) in [5.74, 6) is 0. The summed E-state index contributed by atoms with van der Waals surface area (Å²) in [6, 6.07) is 0. The van der Waals surface area contributed by atoms with Crippen molar-refractivity contribution in [1.29, 1.82) is 0 Å². The third-order valence-corrected chi connectivity index (χ3v) is 2.08. The van der Waals surface area contributed by atoms with E-state index in [1.165, 1.54) is 23.5 Å². The summed E-state index contributed by atoms with van der Waals surface area (Å²) in [6.07, 6.45) is 0.619. The molecule has 0 fully saturated rings. The van der Waals surface area contributed by atoms with Crippen LogP contribution in [0.25, 0.3) is 0 Å². The maximum Gasteiger partial charge on any atom is 0.419 e. The van der Waals surface area contributed by atoms with Crippen molar-refractivity contribution in [3.63, 3.8) is 0 Å². The van der Waals surface area contributed by atoms with Gasteiger partial charge in [0.1, 0.15) is 12.5 Å². The van der Waals surface area contributed by atoms with Gasteiger partial charge in [-0.3, -0.25) is 0 Å². The monoisotopic (exact) mass is 228 g/mol. The van der Waals surface area contributed by atoms with Gasteiger partial charge < -0.3 is 14.9 Å². The lowest BCUT2D eigenvalue weighted by molar-refractivity contribution is -0.142. The average molecular weight is 228 g/mol. The molecule has 0 aromatic heterocycles. The molecule has 3 unspecified atom stereocenters. The summed E-state index contributed by atoms with van der Waals surface area (Å²) in [6.45, 7) is 10.0. The summed E-state index contributed by atoms with van der Waals surface area (Å²) >= 11 is 0. The smallest absolute Gasteiger partial charge is 0.419 e. The van der Waals surface area contributed by atoms with Crippen molar-refractivity contribution in [2.75, 3.05) is 0 Å². The lowest BCUT2D eigenvalue weighted by Gasteiger charge is -2.34. The number of carbonyl (C=O) groups excluding carboxylic acids is 1. The normalized spacial score (nSPS) is 16.2. The number of rotatable bonds is 9. The first kappa shape index (κ1) is 14.8. The molecule has 3 atom stereocenters. The molecule has 0 aliphatic rings. The van der Waals surface area contributed by atoms with E-state index in [4.69, 9.17) is 4.74 Å². The Morgan fingerprint density at radius 1 is 1.38 bits per heavy atom. The van der Waals surface area contributed by atoms with E-state index in [2.05, 4.69) is 13.2 Å². The highest BCUT2D eigenvalue weighted by Gasteiger charge is 2.28. The van der Waals surface area contributed by atoms with Crippen LogP contribution in [0.3, 0.4) is 0 Å². The van der Waals surface area contributed by atoms with Crippen molar-refractivity contribution in [1.82, 2.24) is 4.90 Å². The molecule has 0 aliphatic carbocycles. The quantitative estimate of drug-likeness (QED) is 0.444. The van der Waals surface area contributed by atoms with Gasteiger partial charge in [0.2, 0.25) is 0 Å². The van der Waals surface area contributed by atoms with E-state index in [1.54, 1.807) is 0 Å². The number of hydrogen-bond donors (Lipinski definition) is 2. The molecule has 0 spiro atoms. The van der Waals surface area contributed by atoms with Crippen molar-refractivity contribution in [2.24, 2.45) is 0 Å². The predicted octanol–water partition coefficient (Wildman–Crippen LogP) is 0.507. The third-order valence-electron chi connectivity index (χ3n) is 2.08. The fourth-order valence-electron chi connectivity index (χ4n) is 1.31. The van der Waals surface area contributed by atoms with Crippen LogP contribution in [-0.2, 0) is 9.53 Å². The van der Waals surface area contributed by atoms with Gasteiger partial charge in [-0.1, -0.05) is 26.5 Å². The number of aliphatic hydroxyl groups excluding tert-OH is 2. The molecule has 0 saturated carbocycles. The SMILES string of the molecule is C=CC(O)N(C(O)C=C)C(CCC)O[C]=O. The second-order valence-corrected chi connectivity index (χ2v) is 3.19. The minimum atomic E-state index is -1.13. The van der Waals surface area contributed by atoms with E-state index < -0.39 is 18.7 Å². The Morgan fingerprint density at radius 2 is 1.88 bits per heavy atom. The maximum absolute atomic E-state index is 10.2. The van der Waals surface area contributed by atoms with Crippen LogP contribution >= 0.6 is 0 Å². The van der Waals surface area contributed by atoms with Crippen LogP contribution in [0.1, 0.15) is 19.8 Å². The predicted molar refractivity (Wildman–Crippen MR) is 59.7 cm³/mol. The molecular weight excluding hydrogens is 210 g/mol. The molecule has 0 heterocycles. The summed E-state index contributed by atoms with van der Waals surface area (Å²) in [4.78, 5) is 11.4. The highest BCUT2D eigenvalue weighted by atomic mass is 16.5. The summed E-state index contributed by atoms with van der Waals surface area (Å²) in [5.41, 5.74) is 0. The minimum absolute atomic E-state index is 0.463. The van der Waals surface area contributed by atoms with Crippen LogP contribution in [0.4, 0.5) is 0 Å². The fraction of sp³-hybridized carbons (Fsp3) is 0.545. The average Bonchev–Trinajstić information content (AvgIpc) is 2.29. The third kappa shape index (κ3) is 4.14. The first-order valence-electron chi connectivity index (χ1n) is 5.03. The summed E-state index contributed by atoms with van der Waals surface area (Å²) in [7, 11) is 0. The van der Waals surface area contributed by atoms with Crippen molar-refractivity contribution in [2.45, 2.75) is 38.4 Å². The minimum Gasteiger partial charge on any atom is -0.438 e. The Bertz CT molecular complexity index is 218. The van der Waals surface area contributed by atoms with Gasteiger partial charge in [0, 0.05) is 0 Å². The highest BCUT2D eigenvalue weighted by molar-refractivity contribution is 5.38. The molecular formula is C11H18NO4. The second kappa shape index (κ2) is 8.04. The summed E-state index contributed by atoms with van der Waals surface area (Å²) in [5, 5.41) is 19.3. The molecule has 0 aliphatic heterocycles. The Hall–Kier alpha value is -1.17. The Morgan fingerprint density at radius 3 is 2.19 bits per heavy atom. The van der Waals surface area contributed by atoms with Gasteiger partial charge in [-0.15, -0.1) is 0 Å². The topological polar surface area (TPSA) is 70.0 Å². The van der Waals surface area contributed by atoms with Gasteiger partial charge in [-0.25, -0.2) is 9.69 Å². The molecule has 2 N–H and O–H groups in total. The molecule has 91 valence electrons. The van der Waals surface area contributed by atoms with Gasteiger partial charge >= 0.3 is 6.47 Å². The fourth-order valence-corrected chi connectivity index (χ4v) is 1.31. The number of aliphatic hydroxyl groups is 2. The molecule has 0 rings (SSSR count). The van der Waals surface area contributed by atoms with E-state index in [1.807, 2.05) is 6.92 Å². The largest absolute Gasteiger partial charge is 0.438 e. The molecule has 1 radical (unpaired) electrons. The van der Waals surface area contributed by atoms with Crippen LogP contribution in [0.2, 0.25) is 0 Å². The standard InChI is InChI=1S/C11H18NO4/c1-4-7-11(16-8-13)12(9(14)5-2)10(15)6-3/h5-6,9-11,14-15H,2-4,7H2,1H3. The molecule has 0 saturated heterocycles. The van der Waals surface area contributed by atoms with Gasteiger partial charge in [0.25, 0.3) is 0 Å². The van der Waals surface area contributed by atoms with Crippen molar-refractivity contribution >= 4 is 6.47 Å². The molecule has 0 amide bonds. The van der Waals surface area contributed by atoms with Crippen LogP contribution in [0, 0.1) is 0 Å². The van der Waals surface area contributed by atoms with Crippen molar-refractivity contribution in [3.8, 4) is 0 Å². The Labute approximate surface area is 95.6 Å². The number of nitrogens with zero attached hydrogens (tertiary/aromatic N) is 1. The van der Waals surface area contributed by atoms with E-state index in [-0.39, 0.29) is 0 Å². The van der Waals surface area contributed by atoms with Crippen LogP contribution < -0.4 is 0 Å². The van der Waals surface area contributed by atoms with Crippen LogP contribution in [0.15, 0.2) is 25.3 Å². The van der Waals surface area contributed by atoms with E-state index in [0.717, 1.165) is 6.42 Å². The molecule has 0 aromatic carbocycles. The van der Waals surface area contributed by atoms with Gasteiger partial charge in [-0.2, -0.15) is 0 Å². The molecule has 0 aromatic rings. The molecule has 0 bridgehead atoms. The van der Waals surface area contributed by atoms with Crippen LogP contribution in [-0.4, -0.2) is 40.3 Å². The first-order valence-corrected chi connectivity index (χ1v) is 5.03.